The van der Waals surface area contributed by atoms with Gasteiger partial charge in [-0.15, -0.1) is 0 Å². The van der Waals surface area contributed by atoms with Crippen molar-refractivity contribution in [2.45, 2.75) is 31.2 Å². The fraction of sp³-hybridized carbons (Fsp3) is 0.500. The predicted octanol–water partition coefficient (Wildman–Crippen LogP) is 2.74. The highest BCUT2D eigenvalue weighted by atomic mass is 35.5. The van der Waals surface area contributed by atoms with Crippen LogP contribution in [0.25, 0.3) is 0 Å². The van der Waals surface area contributed by atoms with Crippen LogP contribution in [-0.4, -0.2) is 25.7 Å². The first-order chi connectivity index (χ1) is 8.72. The van der Waals surface area contributed by atoms with Crippen molar-refractivity contribution in [3.63, 3.8) is 0 Å². The Morgan fingerprint density at radius 1 is 1.50 bits per heavy atom. The number of rotatable bonds is 3. The molecule has 1 N–H and O–H groups in total. The summed E-state index contributed by atoms with van der Waals surface area (Å²) in [5.41, 5.74) is 0.925. The SMILES string of the molecule is COC(=O)[C@H](c1cccc(Cl)c1)[C@@H]1CCCCN1. The maximum absolute atomic E-state index is 12.0. The molecule has 1 saturated heterocycles. The third-order valence-corrected chi connectivity index (χ3v) is 3.65. The Kier molecular flexibility index (Phi) is 4.61. The molecule has 98 valence electrons. The minimum absolute atomic E-state index is 0.143. The van der Waals surface area contributed by atoms with Crippen LogP contribution in [0.5, 0.6) is 0 Å². The maximum atomic E-state index is 12.0. The van der Waals surface area contributed by atoms with Gasteiger partial charge in [0, 0.05) is 11.1 Å². The molecule has 1 aromatic rings. The minimum atomic E-state index is -0.269. The van der Waals surface area contributed by atoms with Gasteiger partial charge in [-0.2, -0.15) is 0 Å². The lowest BCUT2D eigenvalue weighted by atomic mass is 9.86. The van der Waals surface area contributed by atoms with E-state index in [9.17, 15) is 4.79 Å². The van der Waals surface area contributed by atoms with Crippen LogP contribution in [0, 0.1) is 0 Å². The standard InChI is InChI=1S/C14H18ClNO2/c1-18-14(17)13(12-7-2-3-8-16-12)10-5-4-6-11(15)9-10/h4-6,9,12-13,16H,2-3,7-8H2,1H3/t12-,13+/m0/s1. The summed E-state index contributed by atoms with van der Waals surface area (Å²) in [7, 11) is 1.43. The first kappa shape index (κ1) is 13.4. The van der Waals surface area contributed by atoms with Crippen LogP contribution in [-0.2, 0) is 9.53 Å². The Morgan fingerprint density at radius 2 is 2.33 bits per heavy atom. The van der Waals surface area contributed by atoms with Gasteiger partial charge in [0.2, 0.25) is 0 Å². The number of carbonyl (C=O) groups excluding carboxylic acids is 1. The Hall–Kier alpha value is -1.06. The monoisotopic (exact) mass is 267 g/mol. The van der Waals surface area contributed by atoms with E-state index in [1.54, 1.807) is 0 Å². The maximum Gasteiger partial charge on any atom is 0.314 e. The van der Waals surface area contributed by atoms with E-state index in [0.29, 0.717) is 5.02 Å². The predicted molar refractivity (Wildman–Crippen MR) is 71.9 cm³/mol. The quantitative estimate of drug-likeness (QED) is 0.856. The van der Waals surface area contributed by atoms with Crippen molar-refractivity contribution in [3.8, 4) is 0 Å². The summed E-state index contributed by atoms with van der Waals surface area (Å²) < 4.78 is 4.94. The minimum Gasteiger partial charge on any atom is -0.469 e. The summed E-state index contributed by atoms with van der Waals surface area (Å²) in [5.74, 6) is -0.467. The van der Waals surface area contributed by atoms with Crippen LogP contribution >= 0.6 is 11.6 Å². The molecule has 2 rings (SSSR count). The van der Waals surface area contributed by atoms with Crippen molar-refractivity contribution in [2.75, 3.05) is 13.7 Å². The van der Waals surface area contributed by atoms with E-state index in [1.165, 1.54) is 13.5 Å². The number of hydrogen-bond acceptors (Lipinski definition) is 3. The highest BCUT2D eigenvalue weighted by molar-refractivity contribution is 6.30. The van der Waals surface area contributed by atoms with E-state index in [1.807, 2.05) is 24.3 Å². The highest BCUT2D eigenvalue weighted by Gasteiger charge is 2.31. The van der Waals surface area contributed by atoms with Gasteiger partial charge >= 0.3 is 5.97 Å². The molecule has 1 heterocycles. The molecular formula is C14H18ClNO2. The lowest BCUT2D eigenvalue weighted by Crippen LogP contribution is -2.42. The first-order valence-electron chi connectivity index (χ1n) is 6.29. The summed E-state index contributed by atoms with van der Waals surface area (Å²) in [6.45, 7) is 0.957. The topological polar surface area (TPSA) is 38.3 Å². The number of methoxy groups -OCH3 is 1. The van der Waals surface area contributed by atoms with Crippen LogP contribution in [0.1, 0.15) is 30.7 Å². The number of esters is 1. The number of carbonyl (C=O) groups is 1. The Morgan fingerprint density at radius 3 is 2.94 bits per heavy atom. The molecule has 0 unspecified atom stereocenters. The number of nitrogens with one attached hydrogen (secondary N) is 1. The molecule has 1 aliphatic heterocycles. The third kappa shape index (κ3) is 3.03. The molecule has 1 fully saturated rings. The van der Waals surface area contributed by atoms with E-state index in [4.69, 9.17) is 16.3 Å². The van der Waals surface area contributed by atoms with E-state index >= 15 is 0 Å². The van der Waals surface area contributed by atoms with Gasteiger partial charge in [-0.05, 0) is 37.1 Å². The zero-order chi connectivity index (χ0) is 13.0. The zero-order valence-electron chi connectivity index (χ0n) is 10.5. The second kappa shape index (κ2) is 6.21. The summed E-state index contributed by atoms with van der Waals surface area (Å²) in [6.07, 6.45) is 3.30. The zero-order valence-corrected chi connectivity index (χ0v) is 11.2. The van der Waals surface area contributed by atoms with Gasteiger partial charge in [0.25, 0.3) is 0 Å². The largest absolute Gasteiger partial charge is 0.469 e. The lowest BCUT2D eigenvalue weighted by molar-refractivity contribution is -0.143. The molecular weight excluding hydrogens is 250 g/mol. The number of ether oxygens (including phenoxy) is 1. The number of piperidine rings is 1. The molecule has 1 aromatic carbocycles. The number of benzene rings is 1. The van der Waals surface area contributed by atoms with Crippen molar-refractivity contribution in [3.05, 3.63) is 34.9 Å². The Balaban J connectivity index is 2.26. The van der Waals surface area contributed by atoms with E-state index < -0.39 is 0 Å². The van der Waals surface area contributed by atoms with Gasteiger partial charge < -0.3 is 10.1 Å². The van der Waals surface area contributed by atoms with Crippen LogP contribution in [0.15, 0.2) is 24.3 Å². The average Bonchev–Trinajstić information content (AvgIpc) is 2.40. The molecule has 0 spiro atoms. The summed E-state index contributed by atoms with van der Waals surface area (Å²) in [5, 5.41) is 4.06. The highest BCUT2D eigenvalue weighted by Crippen LogP contribution is 2.28. The summed E-state index contributed by atoms with van der Waals surface area (Å²) >= 11 is 6.00. The summed E-state index contributed by atoms with van der Waals surface area (Å²) in [6, 6.07) is 7.61. The molecule has 0 saturated carbocycles. The fourth-order valence-corrected chi connectivity index (χ4v) is 2.72. The number of halogens is 1. The third-order valence-electron chi connectivity index (χ3n) is 3.41. The normalized spacial score (nSPS) is 21.3. The average molecular weight is 268 g/mol. The van der Waals surface area contributed by atoms with Gasteiger partial charge in [0.1, 0.15) is 0 Å². The van der Waals surface area contributed by atoms with Gasteiger partial charge in [-0.25, -0.2) is 0 Å². The smallest absolute Gasteiger partial charge is 0.314 e. The van der Waals surface area contributed by atoms with Crippen LogP contribution in [0.4, 0.5) is 0 Å². The van der Waals surface area contributed by atoms with E-state index in [0.717, 1.165) is 24.9 Å². The van der Waals surface area contributed by atoms with Crippen molar-refractivity contribution < 1.29 is 9.53 Å². The van der Waals surface area contributed by atoms with E-state index in [2.05, 4.69) is 5.32 Å². The molecule has 0 aliphatic carbocycles. The second-order valence-corrected chi connectivity index (χ2v) is 5.05. The van der Waals surface area contributed by atoms with Gasteiger partial charge in [-0.1, -0.05) is 30.2 Å². The molecule has 4 heteroatoms. The molecule has 0 bridgehead atoms. The lowest BCUT2D eigenvalue weighted by Gasteiger charge is -2.30. The number of hydrogen-bond donors (Lipinski definition) is 1. The van der Waals surface area contributed by atoms with Crippen molar-refractivity contribution in [2.24, 2.45) is 0 Å². The molecule has 0 amide bonds. The Bertz CT molecular complexity index is 416. The van der Waals surface area contributed by atoms with Gasteiger partial charge in [0.05, 0.1) is 13.0 Å². The van der Waals surface area contributed by atoms with Crippen LogP contribution < -0.4 is 5.32 Å². The van der Waals surface area contributed by atoms with Crippen molar-refractivity contribution >= 4 is 17.6 Å². The Labute approximate surface area is 112 Å². The second-order valence-electron chi connectivity index (χ2n) is 4.61. The van der Waals surface area contributed by atoms with Crippen molar-refractivity contribution in [1.82, 2.24) is 5.32 Å². The van der Waals surface area contributed by atoms with Crippen molar-refractivity contribution in [1.29, 1.82) is 0 Å². The fourth-order valence-electron chi connectivity index (χ4n) is 2.52. The van der Waals surface area contributed by atoms with Crippen LogP contribution in [0.3, 0.4) is 0 Å². The first-order valence-corrected chi connectivity index (χ1v) is 6.67. The molecule has 3 nitrogen and oxygen atoms in total. The van der Waals surface area contributed by atoms with Crippen LogP contribution in [0.2, 0.25) is 5.02 Å². The van der Waals surface area contributed by atoms with Gasteiger partial charge in [0.15, 0.2) is 0 Å². The molecule has 0 aromatic heterocycles. The molecule has 0 radical (unpaired) electrons. The molecule has 18 heavy (non-hydrogen) atoms. The molecule has 1 aliphatic rings. The molecule has 2 atom stereocenters. The van der Waals surface area contributed by atoms with E-state index in [-0.39, 0.29) is 17.9 Å². The summed E-state index contributed by atoms with van der Waals surface area (Å²) in [4.78, 5) is 12.0. The van der Waals surface area contributed by atoms with Gasteiger partial charge in [-0.3, -0.25) is 4.79 Å².